The number of hydrogen-bond donors (Lipinski definition) is 3. The Balaban J connectivity index is 1.14. The molecule has 41 heavy (non-hydrogen) atoms. The average molecular weight is 550 g/mol. The van der Waals surface area contributed by atoms with E-state index >= 15 is 0 Å². The summed E-state index contributed by atoms with van der Waals surface area (Å²) in [4.78, 5) is 26.3. The van der Waals surface area contributed by atoms with Crippen LogP contribution >= 0.6 is 0 Å². The quantitative estimate of drug-likeness (QED) is 0.173. The Morgan fingerprint density at radius 3 is 2.15 bits per heavy atom. The third kappa shape index (κ3) is 8.12. The Labute approximate surface area is 241 Å². The number of benzene rings is 4. The van der Waals surface area contributed by atoms with Crippen LogP contribution in [0, 0.1) is 5.82 Å². The topological polar surface area (TPSA) is 70.2 Å². The van der Waals surface area contributed by atoms with E-state index in [1.807, 2.05) is 48.5 Å². The van der Waals surface area contributed by atoms with E-state index in [9.17, 15) is 14.0 Å². The lowest BCUT2D eigenvalue weighted by Gasteiger charge is -2.19. The van der Waals surface area contributed by atoms with Gasteiger partial charge in [-0.1, -0.05) is 84.9 Å². The zero-order valence-electron chi connectivity index (χ0n) is 23.1. The summed E-state index contributed by atoms with van der Waals surface area (Å²) in [5.74, 6) is -0.275. The molecular weight excluding hydrogens is 513 g/mol. The molecule has 1 aliphatic carbocycles. The first-order valence-electron chi connectivity index (χ1n) is 14.3. The van der Waals surface area contributed by atoms with Crippen molar-refractivity contribution in [3.8, 4) is 11.1 Å². The minimum Gasteiger partial charge on any atom is -0.350 e. The molecule has 1 aliphatic rings. The monoisotopic (exact) mass is 549 g/mol. The lowest BCUT2D eigenvalue weighted by atomic mass is 10.0. The molecule has 0 heterocycles. The van der Waals surface area contributed by atoms with Crippen LogP contribution in [-0.4, -0.2) is 30.4 Å². The summed E-state index contributed by atoms with van der Waals surface area (Å²) in [6, 6.07) is 33.8. The number of hydrogen-bond acceptors (Lipinski definition) is 3. The van der Waals surface area contributed by atoms with Crippen molar-refractivity contribution in [2.24, 2.45) is 0 Å². The fourth-order valence-electron chi connectivity index (χ4n) is 5.12. The fourth-order valence-corrected chi connectivity index (χ4v) is 5.12. The Kier molecular flexibility index (Phi) is 9.55. The third-order valence-corrected chi connectivity index (χ3v) is 7.60. The molecule has 5 nitrogen and oxygen atoms in total. The van der Waals surface area contributed by atoms with Gasteiger partial charge in [0.15, 0.2) is 0 Å². The SMILES string of the molecule is O=C(N[C@@H](CCCCN[C@H]1C[C@@H]1c1ccccc1)C(=O)NCc1ccc(F)cc1)c1ccc(-c2ccccc2)cc1. The van der Waals surface area contributed by atoms with Crippen LogP contribution in [0.2, 0.25) is 0 Å². The number of amides is 2. The second kappa shape index (κ2) is 13.9. The van der Waals surface area contributed by atoms with E-state index in [1.165, 1.54) is 17.7 Å². The second-order valence-corrected chi connectivity index (χ2v) is 10.6. The Hall–Kier alpha value is -4.29. The van der Waals surface area contributed by atoms with Crippen molar-refractivity contribution in [3.63, 3.8) is 0 Å². The summed E-state index contributed by atoms with van der Waals surface area (Å²) in [5, 5.41) is 9.48. The summed E-state index contributed by atoms with van der Waals surface area (Å²) in [5.41, 5.74) is 4.77. The van der Waals surface area contributed by atoms with Crippen molar-refractivity contribution in [3.05, 3.63) is 132 Å². The average Bonchev–Trinajstić information content (AvgIpc) is 3.80. The summed E-state index contributed by atoms with van der Waals surface area (Å²) in [7, 11) is 0. The highest BCUT2D eigenvalue weighted by molar-refractivity contribution is 5.97. The van der Waals surface area contributed by atoms with Gasteiger partial charge in [-0.05, 0) is 78.7 Å². The number of rotatable bonds is 13. The summed E-state index contributed by atoms with van der Waals surface area (Å²) < 4.78 is 13.3. The molecular formula is C35H36FN3O2. The van der Waals surface area contributed by atoms with Crippen molar-refractivity contribution < 1.29 is 14.0 Å². The minimum atomic E-state index is -0.672. The van der Waals surface area contributed by atoms with Gasteiger partial charge in [0.2, 0.25) is 5.91 Å². The van der Waals surface area contributed by atoms with Gasteiger partial charge in [-0.3, -0.25) is 9.59 Å². The molecule has 3 N–H and O–H groups in total. The van der Waals surface area contributed by atoms with E-state index in [4.69, 9.17) is 0 Å². The normalized spacial score (nSPS) is 16.5. The van der Waals surface area contributed by atoms with Crippen LogP contribution in [-0.2, 0) is 11.3 Å². The third-order valence-electron chi connectivity index (χ3n) is 7.60. The van der Waals surface area contributed by atoms with Gasteiger partial charge in [0.25, 0.3) is 5.91 Å². The van der Waals surface area contributed by atoms with Gasteiger partial charge in [-0.25, -0.2) is 4.39 Å². The van der Waals surface area contributed by atoms with Gasteiger partial charge in [0, 0.05) is 24.1 Å². The van der Waals surface area contributed by atoms with Crippen molar-refractivity contribution >= 4 is 11.8 Å². The maximum atomic E-state index is 13.3. The fraction of sp³-hybridized carbons (Fsp3) is 0.257. The van der Waals surface area contributed by atoms with Crippen LogP contribution in [0.3, 0.4) is 0 Å². The molecule has 0 aromatic heterocycles. The van der Waals surface area contributed by atoms with Gasteiger partial charge in [0.05, 0.1) is 0 Å². The van der Waals surface area contributed by atoms with Crippen LogP contribution in [0.1, 0.15) is 53.1 Å². The first-order valence-corrected chi connectivity index (χ1v) is 14.3. The predicted octanol–water partition coefficient (Wildman–Crippen LogP) is 6.22. The molecule has 0 aliphatic heterocycles. The standard InChI is InChI=1S/C35H36FN3O2/c36-30-20-14-25(15-21-30)24-38-35(41)32(13-7-8-22-37-33-23-31(33)28-11-5-2-6-12-28)39-34(40)29-18-16-27(17-19-29)26-9-3-1-4-10-26/h1-6,9-12,14-21,31-33,37H,7-8,13,22-24H2,(H,38,41)(H,39,40)/t31-,32+,33+/m1/s1. The van der Waals surface area contributed by atoms with Crippen LogP contribution in [0.25, 0.3) is 11.1 Å². The molecule has 0 unspecified atom stereocenters. The maximum absolute atomic E-state index is 13.3. The van der Waals surface area contributed by atoms with E-state index < -0.39 is 6.04 Å². The zero-order chi connectivity index (χ0) is 28.4. The number of carbonyl (C=O) groups is 2. The molecule has 3 atom stereocenters. The van der Waals surface area contributed by atoms with Gasteiger partial charge in [0.1, 0.15) is 11.9 Å². The summed E-state index contributed by atoms with van der Waals surface area (Å²) >= 11 is 0. The first-order chi connectivity index (χ1) is 20.1. The van der Waals surface area contributed by atoms with Gasteiger partial charge >= 0.3 is 0 Å². The molecule has 0 bridgehead atoms. The summed E-state index contributed by atoms with van der Waals surface area (Å²) in [6.07, 6.45) is 3.37. The molecule has 6 heteroatoms. The smallest absolute Gasteiger partial charge is 0.251 e. The van der Waals surface area contributed by atoms with Gasteiger partial charge in [-0.2, -0.15) is 0 Å². The zero-order valence-corrected chi connectivity index (χ0v) is 23.1. The lowest BCUT2D eigenvalue weighted by molar-refractivity contribution is -0.123. The minimum absolute atomic E-state index is 0.247. The Morgan fingerprint density at radius 2 is 1.44 bits per heavy atom. The molecule has 4 aromatic rings. The van der Waals surface area contributed by atoms with E-state index in [0.29, 0.717) is 23.9 Å². The molecule has 0 saturated heterocycles. The molecule has 2 amide bonds. The van der Waals surface area contributed by atoms with Gasteiger partial charge in [-0.15, -0.1) is 0 Å². The molecule has 5 rings (SSSR count). The number of nitrogens with one attached hydrogen (secondary N) is 3. The number of halogens is 1. The first kappa shape index (κ1) is 28.2. The Bertz CT molecular complexity index is 1410. The second-order valence-electron chi connectivity index (χ2n) is 10.6. The Morgan fingerprint density at radius 1 is 0.780 bits per heavy atom. The lowest BCUT2D eigenvalue weighted by Crippen LogP contribution is -2.46. The summed E-state index contributed by atoms with van der Waals surface area (Å²) in [6.45, 7) is 1.13. The molecule has 1 fully saturated rings. The maximum Gasteiger partial charge on any atom is 0.251 e. The van der Waals surface area contributed by atoms with E-state index in [0.717, 1.165) is 42.5 Å². The van der Waals surface area contributed by atoms with Gasteiger partial charge < -0.3 is 16.0 Å². The molecule has 1 saturated carbocycles. The predicted molar refractivity (Wildman–Crippen MR) is 161 cm³/mol. The van der Waals surface area contributed by atoms with Crippen LogP contribution < -0.4 is 16.0 Å². The van der Waals surface area contributed by atoms with Crippen molar-refractivity contribution in [2.75, 3.05) is 6.54 Å². The molecule has 210 valence electrons. The van der Waals surface area contributed by atoms with Crippen LogP contribution in [0.5, 0.6) is 0 Å². The van der Waals surface area contributed by atoms with Crippen LogP contribution in [0.4, 0.5) is 4.39 Å². The number of carbonyl (C=O) groups excluding carboxylic acids is 2. The molecule has 0 radical (unpaired) electrons. The largest absolute Gasteiger partial charge is 0.350 e. The van der Waals surface area contributed by atoms with E-state index in [1.54, 1.807) is 24.3 Å². The number of unbranched alkanes of at least 4 members (excludes halogenated alkanes) is 1. The highest BCUT2D eigenvalue weighted by Gasteiger charge is 2.37. The highest BCUT2D eigenvalue weighted by atomic mass is 19.1. The molecule has 4 aromatic carbocycles. The highest BCUT2D eigenvalue weighted by Crippen LogP contribution is 2.40. The molecule has 0 spiro atoms. The van der Waals surface area contributed by atoms with E-state index in [-0.39, 0.29) is 24.2 Å². The van der Waals surface area contributed by atoms with E-state index in [2.05, 4.69) is 40.2 Å². The van der Waals surface area contributed by atoms with Crippen molar-refractivity contribution in [1.82, 2.24) is 16.0 Å². The van der Waals surface area contributed by atoms with Crippen molar-refractivity contribution in [1.29, 1.82) is 0 Å². The van der Waals surface area contributed by atoms with Crippen molar-refractivity contribution in [2.45, 2.75) is 50.2 Å². The van der Waals surface area contributed by atoms with Crippen LogP contribution in [0.15, 0.2) is 109 Å².